The highest BCUT2D eigenvalue weighted by Crippen LogP contribution is 2.52. The lowest BCUT2D eigenvalue weighted by molar-refractivity contribution is 0.0696. The minimum atomic E-state index is -3.31. The lowest BCUT2D eigenvalue weighted by atomic mass is 9.97. The molecule has 0 aromatic heterocycles. The molecule has 5 heteroatoms. The Balaban J connectivity index is 4.76. The number of hydrogen-bond donors (Lipinski definition) is 0. The van der Waals surface area contributed by atoms with Crippen LogP contribution in [0.5, 0.6) is 0 Å². The van der Waals surface area contributed by atoms with E-state index >= 15 is 0 Å². The van der Waals surface area contributed by atoms with E-state index in [1.807, 2.05) is 13.8 Å². The van der Waals surface area contributed by atoms with E-state index in [9.17, 15) is 4.57 Å². The molecule has 0 aliphatic heterocycles. The van der Waals surface area contributed by atoms with E-state index in [1.165, 1.54) is 4.67 Å². The third-order valence-electron chi connectivity index (χ3n) is 2.80. The molecule has 16 heavy (non-hydrogen) atoms. The molecule has 0 aliphatic rings. The van der Waals surface area contributed by atoms with Crippen molar-refractivity contribution in [1.29, 1.82) is 5.26 Å². The Bertz CT molecular complexity index is 299. The van der Waals surface area contributed by atoms with Gasteiger partial charge >= 0.3 is 7.52 Å². The van der Waals surface area contributed by atoms with E-state index in [-0.39, 0.29) is 0 Å². The van der Waals surface area contributed by atoms with E-state index in [0.29, 0.717) is 0 Å². The molecule has 0 aliphatic carbocycles. The Hall–Kier alpha value is -0.360. The summed E-state index contributed by atoms with van der Waals surface area (Å²) in [4.78, 5) is 0. The molecule has 2 atom stereocenters. The van der Waals surface area contributed by atoms with Gasteiger partial charge in [0.05, 0.1) is 5.60 Å². The summed E-state index contributed by atoms with van der Waals surface area (Å²) in [5, 5.41) is 8.96. The molecule has 0 amide bonds. The average Bonchev–Trinajstić information content (AvgIpc) is 2.26. The van der Waals surface area contributed by atoms with Gasteiger partial charge in [-0.15, -0.1) is 0 Å². The summed E-state index contributed by atoms with van der Waals surface area (Å²) in [7, 11) is -0.0895. The van der Waals surface area contributed by atoms with Crippen LogP contribution in [0, 0.1) is 11.1 Å². The maximum atomic E-state index is 12.2. The first kappa shape index (κ1) is 15.6. The van der Waals surface area contributed by atoms with Crippen LogP contribution in [0.3, 0.4) is 0 Å². The first-order valence-corrected chi connectivity index (χ1v) is 7.31. The van der Waals surface area contributed by atoms with Crippen LogP contribution in [0.15, 0.2) is 0 Å². The molecule has 0 rings (SSSR count). The molecule has 0 spiro atoms. The number of hydrogen-bond acceptors (Lipinski definition) is 3. The van der Waals surface area contributed by atoms with Crippen molar-refractivity contribution in [2.45, 2.75) is 52.1 Å². The molecule has 0 heterocycles. The predicted octanol–water partition coefficient (Wildman–Crippen LogP) is 3.60. The van der Waals surface area contributed by atoms with Gasteiger partial charge in [0.2, 0.25) is 0 Å². The second kappa shape index (κ2) is 6.39. The van der Waals surface area contributed by atoms with Crippen LogP contribution in [0.2, 0.25) is 0 Å². The van der Waals surface area contributed by atoms with Crippen molar-refractivity contribution in [3.63, 3.8) is 0 Å². The molecule has 2 unspecified atom stereocenters. The SMILES string of the molecule is CCCCC(C)(CC)OP(=O)(C#N)N(C)C. The summed E-state index contributed by atoms with van der Waals surface area (Å²) in [6.07, 6.45) is 3.67. The van der Waals surface area contributed by atoms with Gasteiger partial charge in [0.25, 0.3) is 0 Å². The molecule has 0 aromatic rings. The standard InChI is InChI=1S/C11H23N2O2P/c1-6-8-9-11(3,7-2)15-16(14,10-12)13(4)5/h6-9H2,1-5H3. The monoisotopic (exact) mass is 246 g/mol. The van der Waals surface area contributed by atoms with Gasteiger partial charge in [0.1, 0.15) is 0 Å². The summed E-state index contributed by atoms with van der Waals surface area (Å²) in [6, 6.07) is 0. The second-order valence-electron chi connectivity index (χ2n) is 4.47. The van der Waals surface area contributed by atoms with Crippen LogP contribution in [-0.4, -0.2) is 24.4 Å². The van der Waals surface area contributed by atoms with E-state index in [1.54, 1.807) is 19.9 Å². The van der Waals surface area contributed by atoms with Gasteiger partial charge in [-0.05, 0) is 33.9 Å². The third-order valence-corrected chi connectivity index (χ3v) is 4.80. The molecule has 0 saturated heterocycles. The predicted molar refractivity (Wildman–Crippen MR) is 66.2 cm³/mol. The lowest BCUT2D eigenvalue weighted by Crippen LogP contribution is -2.29. The third kappa shape index (κ3) is 4.25. The summed E-state index contributed by atoms with van der Waals surface area (Å²) < 4.78 is 19.2. The highest BCUT2D eigenvalue weighted by atomic mass is 31.2. The van der Waals surface area contributed by atoms with E-state index in [2.05, 4.69) is 6.92 Å². The summed E-state index contributed by atoms with van der Waals surface area (Å²) >= 11 is 0. The summed E-state index contributed by atoms with van der Waals surface area (Å²) in [5.74, 6) is 1.80. The van der Waals surface area contributed by atoms with Crippen molar-refractivity contribution in [3.8, 4) is 5.81 Å². The average molecular weight is 246 g/mol. The van der Waals surface area contributed by atoms with Crippen LogP contribution in [-0.2, 0) is 9.09 Å². The number of unbranched alkanes of at least 4 members (excludes halogenated alkanes) is 1. The van der Waals surface area contributed by atoms with Gasteiger partial charge in [0, 0.05) is 0 Å². The minimum absolute atomic E-state index is 0.467. The van der Waals surface area contributed by atoms with Gasteiger partial charge in [-0.2, -0.15) is 5.26 Å². The van der Waals surface area contributed by atoms with Gasteiger partial charge in [0.15, 0.2) is 5.81 Å². The molecule has 94 valence electrons. The quantitative estimate of drug-likeness (QED) is 0.644. The maximum Gasteiger partial charge on any atom is 0.371 e. The van der Waals surface area contributed by atoms with Gasteiger partial charge < -0.3 is 4.52 Å². The molecule has 0 radical (unpaired) electrons. The van der Waals surface area contributed by atoms with Crippen LogP contribution >= 0.6 is 7.52 Å². The second-order valence-corrected chi connectivity index (χ2v) is 6.69. The fourth-order valence-electron chi connectivity index (χ4n) is 1.33. The Kier molecular flexibility index (Phi) is 6.25. The highest BCUT2D eigenvalue weighted by Gasteiger charge is 2.36. The molecule has 0 saturated carbocycles. The normalized spacial score (nSPS) is 18.8. The maximum absolute atomic E-state index is 12.2. The summed E-state index contributed by atoms with van der Waals surface area (Å²) in [5.41, 5.74) is -0.467. The van der Waals surface area contributed by atoms with E-state index < -0.39 is 13.1 Å². The Labute approximate surface area is 99.1 Å². The number of nitriles is 1. The zero-order valence-electron chi connectivity index (χ0n) is 11.0. The van der Waals surface area contributed by atoms with Crippen LogP contribution in [0.1, 0.15) is 46.5 Å². The highest BCUT2D eigenvalue weighted by molar-refractivity contribution is 7.61. The van der Waals surface area contributed by atoms with Gasteiger partial charge in [-0.3, -0.25) is 4.57 Å². The van der Waals surface area contributed by atoms with Crippen molar-refractivity contribution in [1.82, 2.24) is 4.67 Å². The zero-order valence-corrected chi connectivity index (χ0v) is 11.9. The van der Waals surface area contributed by atoms with Crippen LogP contribution < -0.4 is 0 Å². The number of nitrogens with zero attached hydrogens (tertiary/aromatic N) is 2. The van der Waals surface area contributed by atoms with Crippen LogP contribution in [0.4, 0.5) is 0 Å². The largest absolute Gasteiger partial charge is 0.371 e. The van der Waals surface area contributed by atoms with Crippen LogP contribution in [0.25, 0.3) is 0 Å². The van der Waals surface area contributed by atoms with E-state index in [4.69, 9.17) is 9.79 Å². The molecule has 0 aromatic carbocycles. The van der Waals surface area contributed by atoms with E-state index in [0.717, 1.165) is 25.7 Å². The molecule has 0 fully saturated rings. The first-order valence-electron chi connectivity index (χ1n) is 5.73. The fourth-order valence-corrected chi connectivity index (χ4v) is 2.53. The molecular formula is C11H23N2O2P. The van der Waals surface area contributed by atoms with Gasteiger partial charge in [-0.25, -0.2) is 4.67 Å². The van der Waals surface area contributed by atoms with Gasteiger partial charge in [-0.1, -0.05) is 26.7 Å². The lowest BCUT2D eigenvalue weighted by Gasteiger charge is -2.32. The molecule has 0 bridgehead atoms. The Morgan fingerprint density at radius 1 is 1.44 bits per heavy atom. The molecule has 0 N–H and O–H groups in total. The number of rotatable bonds is 7. The minimum Gasteiger partial charge on any atom is -0.301 e. The van der Waals surface area contributed by atoms with Crippen molar-refractivity contribution < 1.29 is 9.09 Å². The topological polar surface area (TPSA) is 53.3 Å². The fraction of sp³-hybridized carbons (Fsp3) is 0.909. The Morgan fingerprint density at radius 2 is 2.00 bits per heavy atom. The smallest absolute Gasteiger partial charge is 0.301 e. The molecule has 4 nitrogen and oxygen atoms in total. The first-order chi connectivity index (χ1) is 7.33. The van der Waals surface area contributed by atoms with Crippen molar-refractivity contribution in [3.05, 3.63) is 0 Å². The van der Waals surface area contributed by atoms with Crippen molar-refractivity contribution in [2.75, 3.05) is 14.1 Å². The van der Waals surface area contributed by atoms with Crippen molar-refractivity contribution in [2.24, 2.45) is 0 Å². The Morgan fingerprint density at radius 3 is 2.31 bits per heavy atom. The molecular weight excluding hydrogens is 223 g/mol. The zero-order chi connectivity index (χ0) is 12.8. The van der Waals surface area contributed by atoms with Crippen molar-refractivity contribution >= 4 is 7.52 Å². The summed E-state index contributed by atoms with van der Waals surface area (Å²) in [6.45, 7) is 6.02.